The third-order valence-electron chi connectivity index (χ3n) is 5.00. The molecule has 1 fully saturated rings. The standard InChI is InChI=1S/C20H23N5OS/c1-16-8-15-27-17(16)4-7-20(26)25-13-11-24(12-14-25)19-6-5-18(21-22-19)23-9-2-3-10-23/h2-3,5-6,8-10,15H,4,7,11-14H2,1H3. The Morgan fingerprint density at radius 2 is 1.74 bits per heavy atom. The number of anilines is 1. The molecule has 0 aromatic carbocycles. The lowest BCUT2D eigenvalue weighted by molar-refractivity contribution is -0.131. The normalized spacial score (nSPS) is 14.6. The number of hydrogen-bond acceptors (Lipinski definition) is 5. The van der Waals surface area contributed by atoms with Crippen LogP contribution in [-0.4, -0.2) is 51.8 Å². The van der Waals surface area contributed by atoms with Gasteiger partial charge in [0.1, 0.15) is 0 Å². The molecule has 140 valence electrons. The molecule has 1 aliphatic rings. The Morgan fingerprint density at radius 3 is 2.37 bits per heavy atom. The molecule has 0 N–H and O–H groups in total. The number of aryl methyl sites for hydroxylation is 2. The van der Waals surface area contributed by atoms with Crippen LogP contribution < -0.4 is 4.90 Å². The molecule has 0 saturated carbocycles. The number of aromatic nitrogens is 3. The van der Waals surface area contributed by atoms with E-state index in [2.05, 4.69) is 33.5 Å². The zero-order valence-electron chi connectivity index (χ0n) is 15.4. The van der Waals surface area contributed by atoms with Crippen LogP contribution in [-0.2, 0) is 11.2 Å². The number of amides is 1. The molecule has 27 heavy (non-hydrogen) atoms. The predicted octanol–water partition coefficient (Wildman–Crippen LogP) is 2.92. The van der Waals surface area contributed by atoms with Gasteiger partial charge >= 0.3 is 0 Å². The van der Waals surface area contributed by atoms with Crippen molar-refractivity contribution < 1.29 is 4.79 Å². The number of carbonyl (C=O) groups is 1. The van der Waals surface area contributed by atoms with Crippen LogP contribution in [0.4, 0.5) is 5.82 Å². The van der Waals surface area contributed by atoms with Gasteiger partial charge in [0.15, 0.2) is 11.6 Å². The highest BCUT2D eigenvalue weighted by molar-refractivity contribution is 7.10. The zero-order valence-corrected chi connectivity index (χ0v) is 16.2. The van der Waals surface area contributed by atoms with Crippen LogP contribution >= 0.6 is 11.3 Å². The van der Waals surface area contributed by atoms with E-state index in [0.717, 1.165) is 44.2 Å². The zero-order chi connectivity index (χ0) is 18.6. The molecule has 7 heteroatoms. The van der Waals surface area contributed by atoms with E-state index >= 15 is 0 Å². The van der Waals surface area contributed by atoms with E-state index in [4.69, 9.17) is 0 Å². The Balaban J connectivity index is 1.29. The van der Waals surface area contributed by atoms with Crippen LogP contribution in [0.5, 0.6) is 0 Å². The summed E-state index contributed by atoms with van der Waals surface area (Å²) in [5.41, 5.74) is 1.29. The maximum Gasteiger partial charge on any atom is 0.223 e. The Hall–Kier alpha value is -2.67. The largest absolute Gasteiger partial charge is 0.352 e. The van der Waals surface area contributed by atoms with Crippen molar-refractivity contribution in [1.82, 2.24) is 19.7 Å². The van der Waals surface area contributed by atoms with Gasteiger partial charge in [-0.2, -0.15) is 0 Å². The van der Waals surface area contributed by atoms with E-state index in [0.29, 0.717) is 6.42 Å². The number of carbonyl (C=O) groups excluding carboxylic acids is 1. The minimum atomic E-state index is 0.247. The van der Waals surface area contributed by atoms with Gasteiger partial charge in [-0.15, -0.1) is 21.5 Å². The quantitative estimate of drug-likeness (QED) is 0.682. The van der Waals surface area contributed by atoms with Gasteiger partial charge in [0.25, 0.3) is 0 Å². The van der Waals surface area contributed by atoms with Gasteiger partial charge in [-0.25, -0.2) is 0 Å². The first-order valence-corrected chi connectivity index (χ1v) is 10.1. The van der Waals surface area contributed by atoms with E-state index in [-0.39, 0.29) is 5.91 Å². The van der Waals surface area contributed by atoms with Gasteiger partial charge in [-0.3, -0.25) is 4.79 Å². The summed E-state index contributed by atoms with van der Waals surface area (Å²) in [5, 5.41) is 10.8. The molecular formula is C20H23N5OS. The van der Waals surface area contributed by atoms with E-state index < -0.39 is 0 Å². The monoisotopic (exact) mass is 381 g/mol. The summed E-state index contributed by atoms with van der Waals surface area (Å²) in [6.45, 7) is 5.17. The van der Waals surface area contributed by atoms with Crippen LogP contribution in [0.15, 0.2) is 48.1 Å². The molecule has 3 aromatic heterocycles. The summed E-state index contributed by atoms with van der Waals surface area (Å²) < 4.78 is 1.93. The van der Waals surface area contributed by atoms with Gasteiger partial charge in [0.2, 0.25) is 5.91 Å². The molecule has 0 bridgehead atoms. The van der Waals surface area contributed by atoms with Crippen molar-refractivity contribution in [3.8, 4) is 5.82 Å². The van der Waals surface area contributed by atoms with Crippen molar-refractivity contribution in [2.75, 3.05) is 31.1 Å². The highest BCUT2D eigenvalue weighted by Gasteiger charge is 2.22. The minimum absolute atomic E-state index is 0.247. The Morgan fingerprint density at radius 1 is 1.04 bits per heavy atom. The van der Waals surface area contributed by atoms with Crippen molar-refractivity contribution in [3.63, 3.8) is 0 Å². The van der Waals surface area contributed by atoms with Gasteiger partial charge in [-0.05, 0) is 54.6 Å². The molecule has 6 nitrogen and oxygen atoms in total. The Labute approximate surface area is 163 Å². The molecule has 0 aliphatic carbocycles. The number of piperazine rings is 1. The molecule has 1 saturated heterocycles. The SMILES string of the molecule is Cc1ccsc1CCC(=O)N1CCN(c2ccc(-n3cccc3)nn2)CC1. The second-order valence-electron chi connectivity index (χ2n) is 6.73. The molecule has 0 unspecified atom stereocenters. The van der Waals surface area contributed by atoms with Crippen molar-refractivity contribution in [2.45, 2.75) is 19.8 Å². The van der Waals surface area contributed by atoms with Crippen molar-refractivity contribution >= 4 is 23.1 Å². The van der Waals surface area contributed by atoms with Crippen molar-refractivity contribution in [1.29, 1.82) is 0 Å². The lowest BCUT2D eigenvalue weighted by atomic mass is 10.2. The molecule has 1 aliphatic heterocycles. The maximum atomic E-state index is 12.5. The summed E-state index contributed by atoms with van der Waals surface area (Å²) in [7, 11) is 0. The maximum absolute atomic E-state index is 12.5. The van der Waals surface area contributed by atoms with Crippen molar-refractivity contribution in [2.24, 2.45) is 0 Å². The molecular weight excluding hydrogens is 358 g/mol. The summed E-state index contributed by atoms with van der Waals surface area (Å²) >= 11 is 1.74. The average molecular weight is 382 g/mol. The summed E-state index contributed by atoms with van der Waals surface area (Å²) in [4.78, 5) is 18.0. The molecule has 4 rings (SSSR count). The van der Waals surface area contributed by atoms with E-state index in [1.807, 2.05) is 46.1 Å². The van der Waals surface area contributed by atoms with Crippen LogP contribution in [0.1, 0.15) is 16.9 Å². The number of thiophene rings is 1. The summed E-state index contributed by atoms with van der Waals surface area (Å²) in [6, 6.07) is 10.0. The number of rotatable bonds is 5. The average Bonchev–Trinajstić information content (AvgIpc) is 3.38. The third kappa shape index (κ3) is 4.03. The van der Waals surface area contributed by atoms with E-state index in [9.17, 15) is 4.79 Å². The van der Waals surface area contributed by atoms with Crippen LogP contribution in [0.3, 0.4) is 0 Å². The first-order chi connectivity index (χ1) is 13.2. The Kier molecular flexibility index (Phi) is 5.20. The van der Waals surface area contributed by atoms with E-state index in [1.165, 1.54) is 10.4 Å². The molecule has 0 atom stereocenters. The topological polar surface area (TPSA) is 54.3 Å². The fraction of sp³-hybridized carbons (Fsp3) is 0.350. The lowest BCUT2D eigenvalue weighted by Crippen LogP contribution is -2.49. The highest BCUT2D eigenvalue weighted by Crippen LogP contribution is 2.19. The molecule has 0 radical (unpaired) electrons. The van der Waals surface area contributed by atoms with Crippen molar-refractivity contribution in [3.05, 3.63) is 58.5 Å². The predicted molar refractivity (Wildman–Crippen MR) is 108 cm³/mol. The van der Waals surface area contributed by atoms with Crippen LogP contribution in [0.25, 0.3) is 5.82 Å². The van der Waals surface area contributed by atoms with Crippen LogP contribution in [0, 0.1) is 6.92 Å². The smallest absolute Gasteiger partial charge is 0.223 e. The number of hydrogen-bond donors (Lipinski definition) is 0. The fourth-order valence-corrected chi connectivity index (χ4v) is 4.25. The molecule has 3 aromatic rings. The highest BCUT2D eigenvalue weighted by atomic mass is 32.1. The lowest BCUT2D eigenvalue weighted by Gasteiger charge is -2.35. The first kappa shape index (κ1) is 17.7. The first-order valence-electron chi connectivity index (χ1n) is 9.23. The number of nitrogens with zero attached hydrogens (tertiary/aromatic N) is 5. The summed E-state index contributed by atoms with van der Waals surface area (Å²) in [5.74, 6) is 1.92. The van der Waals surface area contributed by atoms with Gasteiger partial charge < -0.3 is 14.4 Å². The second kappa shape index (κ2) is 7.92. The minimum Gasteiger partial charge on any atom is -0.352 e. The van der Waals surface area contributed by atoms with Crippen LogP contribution in [0.2, 0.25) is 0 Å². The molecule has 4 heterocycles. The second-order valence-corrected chi connectivity index (χ2v) is 7.74. The van der Waals surface area contributed by atoms with Gasteiger partial charge in [0.05, 0.1) is 0 Å². The van der Waals surface area contributed by atoms with Gasteiger partial charge in [0, 0.05) is 49.9 Å². The Bertz CT molecular complexity index is 880. The summed E-state index contributed by atoms with van der Waals surface area (Å²) in [6.07, 6.45) is 5.33. The van der Waals surface area contributed by atoms with Gasteiger partial charge in [-0.1, -0.05) is 0 Å². The molecule has 1 amide bonds. The third-order valence-corrected chi connectivity index (χ3v) is 6.08. The van der Waals surface area contributed by atoms with E-state index in [1.54, 1.807) is 11.3 Å². The fourth-order valence-electron chi connectivity index (χ4n) is 3.34. The molecule has 0 spiro atoms.